The van der Waals surface area contributed by atoms with Crippen molar-refractivity contribution in [3.8, 4) is 17.6 Å². The second-order valence-corrected chi connectivity index (χ2v) is 7.46. The second-order valence-electron chi connectivity index (χ2n) is 5.53. The van der Waals surface area contributed by atoms with Gasteiger partial charge in [0.2, 0.25) is 0 Å². The normalized spacial score (nSPS) is 12.9. The Morgan fingerprint density at radius 3 is 2.88 bits per heavy atom. The Labute approximate surface area is 158 Å². The van der Waals surface area contributed by atoms with Gasteiger partial charge in [0.1, 0.15) is 11.1 Å². The van der Waals surface area contributed by atoms with Gasteiger partial charge in [-0.1, -0.05) is 0 Å². The maximum atomic E-state index is 11.2. The van der Waals surface area contributed by atoms with E-state index < -0.39 is 5.97 Å². The van der Waals surface area contributed by atoms with Crippen LogP contribution in [0.3, 0.4) is 0 Å². The van der Waals surface area contributed by atoms with Crippen LogP contribution in [0.5, 0.6) is 11.5 Å². The molecule has 3 rings (SSSR count). The summed E-state index contributed by atoms with van der Waals surface area (Å²) in [5.41, 5.74) is 2.61. The average molecular weight is 419 g/mol. The zero-order valence-electron chi connectivity index (χ0n) is 13.8. The number of nitrogens with zero attached hydrogens (tertiary/aromatic N) is 2. The number of aliphatic imine (C=N–C) groups is 1. The van der Waals surface area contributed by atoms with Crippen molar-refractivity contribution in [2.24, 2.45) is 4.99 Å². The molecule has 0 bridgehead atoms. The molecule has 0 unspecified atom stereocenters. The minimum absolute atomic E-state index is 0.340. The molecular weight excluding hydrogens is 404 g/mol. The molecular formula is C18H15BrN2O3S. The predicted octanol–water partition coefficient (Wildman–Crippen LogP) is 4.56. The summed E-state index contributed by atoms with van der Waals surface area (Å²) in [6, 6.07) is 5.69. The van der Waals surface area contributed by atoms with Crippen LogP contribution in [0.2, 0.25) is 0 Å². The SMILES string of the molecule is COc1cc(C=Nc2sc3c(c2C#N)CCC3)c(Br)cc1OC(C)=O. The Kier molecular flexibility index (Phi) is 5.21. The van der Waals surface area contributed by atoms with Gasteiger partial charge >= 0.3 is 5.97 Å². The number of carbonyl (C=O) groups is 1. The van der Waals surface area contributed by atoms with E-state index in [0.29, 0.717) is 17.1 Å². The minimum Gasteiger partial charge on any atom is -0.493 e. The quantitative estimate of drug-likeness (QED) is 0.414. The molecule has 1 heterocycles. The Morgan fingerprint density at radius 2 is 2.20 bits per heavy atom. The highest BCUT2D eigenvalue weighted by Crippen LogP contribution is 2.40. The largest absolute Gasteiger partial charge is 0.493 e. The average Bonchev–Trinajstić information content (AvgIpc) is 3.13. The number of esters is 1. The van der Waals surface area contributed by atoms with E-state index in [1.165, 1.54) is 18.9 Å². The third-order valence-electron chi connectivity index (χ3n) is 3.87. The summed E-state index contributed by atoms with van der Waals surface area (Å²) < 4.78 is 11.1. The van der Waals surface area contributed by atoms with Crippen LogP contribution in [-0.2, 0) is 17.6 Å². The molecule has 1 aliphatic carbocycles. The number of methoxy groups -OCH3 is 1. The fraction of sp³-hybridized carbons (Fsp3) is 0.278. The molecule has 0 N–H and O–H groups in total. The monoisotopic (exact) mass is 418 g/mol. The molecule has 1 aromatic carbocycles. The predicted molar refractivity (Wildman–Crippen MR) is 100 cm³/mol. The first-order valence-corrected chi connectivity index (χ1v) is 9.29. The van der Waals surface area contributed by atoms with Gasteiger partial charge in [-0.3, -0.25) is 4.79 Å². The highest BCUT2D eigenvalue weighted by Gasteiger charge is 2.21. The third-order valence-corrected chi connectivity index (χ3v) is 5.76. The number of rotatable bonds is 4. The number of hydrogen-bond acceptors (Lipinski definition) is 6. The Hall–Kier alpha value is -2.17. The van der Waals surface area contributed by atoms with Gasteiger partial charge in [0.25, 0.3) is 0 Å². The number of fused-ring (bicyclic) bond motifs is 1. The minimum atomic E-state index is -0.418. The lowest BCUT2D eigenvalue weighted by Crippen LogP contribution is -2.03. The van der Waals surface area contributed by atoms with E-state index in [1.54, 1.807) is 29.7 Å². The van der Waals surface area contributed by atoms with Gasteiger partial charge in [-0.25, -0.2) is 4.99 Å². The van der Waals surface area contributed by atoms with E-state index in [9.17, 15) is 10.1 Å². The van der Waals surface area contributed by atoms with E-state index in [2.05, 4.69) is 27.0 Å². The lowest BCUT2D eigenvalue weighted by Gasteiger charge is -2.10. The molecule has 5 nitrogen and oxygen atoms in total. The molecule has 1 aliphatic rings. The molecule has 0 radical (unpaired) electrons. The number of ether oxygens (including phenoxy) is 2. The van der Waals surface area contributed by atoms with Crippen molar-refractivity contribution in [3.05, 3.63) is 38.2 Å². The lowest BCUT2D eigenvalue weighted by atomic mass is 10.1. The summed E-state index contributed by atoms with van der Waals surface area (Å²) >= 11 is 5.04. The maximum absolute atomic E-state index is 11.2. The van der Waals surface area contributed by atoms with Gasteiger partial charge < -0.3 is 9.47 Å². The molecule has 128 valence electrons. The maximum Gasteiger partial charge on any atom is 0.308 e. The first-order chi connectivity index (χ1) is 12.0. The standard InChI is InChI=1S/C18H15BrN2O3S/c1-10(22)24-16-7-14(19)11(6-15(16)23-2)9-21-18-13(8-20)12-4-3-5-17(12)25-18/h6-7,9H,3-5H2,1-2H3. The third kappa shape index (κ3) is 3.60. The van der Waals surface area contributed by atoms with Crippen LogP contribution in [0.15, 0.2) is 21.6 Å². The molecule has 0 spiro atoms. The van der Waals surface area contributed by atoms with Crippen molar-refractivity contribution in [1.82, 2.24) is 0 Å². The van der Waals surface area contributed by atoms with Crippen LogP contribution in [0.1, 0.15) is 34.9 Å². The van der Waals surface area contributed by atoms with Crippen molar-refractivity contribution in [2.45, 2.75) is 26.2 Å². The number of aryl methyl sites for hydroxylation is 1. The molecule has 1 aromatic heterocycles. The first-order valence-electron chi connectivity index (χ1n) is 7.68. The Balaban J connectivity index is 1.94. The summed E-state index contributed by atoms with van der Waals surface area (Å²) in [6.45, 7) is 1.34. The topological polar surface area (TPSA) is 71.7 Å². The number of halogens is 1. The van der Waals surface area contributed by atoms with Gasteiger partial charge in [0, 0.05) is 28.1 Å². The van der Waals surface area contributed by atoms with Gasteiger partial charge in [-0.05, 0) is 52.9 Å². The Bertz CT molecular complexity index is 912. The van der Waals surface area contributed by atoms with Crippen molar-refractivity contribution in [3.63, 3.8) is 0 Å². The summed E-state index contributed by atoms with van der Waals surface area (Å²) in [7, 11) is 1.51. The fourth-order valence-corrected chi connectivity index (χ4v) is 4.38. The molecule has 0 fully saturated rings. The molecule has 25 heavy (non-hydrogen) atoms. The highest BCUT2D eigenvalue weighted by molar-refractivity contribution is 9.10. The number of nitriles is 1. The van der Waals surface area contributed by atoms with Crippen molar-refractivity contribution < 1.29 is 14.3 Å². The summed E-state index contributed by atoms with van der Waals surface area (Å²) in [6.07, 6.45) is 4.78. The zero-order chi connectivity index (χ0) is 18.0. The van der Waals surface area contributed by atoms with E-state index in [0.717, 1.165) is 39.9 Å². The molecule has 0 amide bonds. The number of benzene rings is 1. The lowest BCUT2D eigenvalue weighted by molar-refractivity contribution is -0.132. The molecule has 0 saturated carbocycles. The first kappa shape index (κ1) is 17.6. The summed E-state index contributed by atoms with van der Waals surface area (Å²) in [5.74, 6) is 0.360. The van der Waals surface area contributed by atoms with Crippen LogP contribution in [-0.4, -0.2) is 19.3 Å². The highest BCUT2D eigenvalue weighted by atomic mass is 79.9. The smallest absolute Gasteiger partial charge is 0.308 e. The van der Waals surface area contributed by atoms with Gasteiger partial charge in [0.05, 0.1) is 12.7 Å². The van der Waals surface area contributed by atoms with Crippen LogP contribution in [0.25, 0.3) is 0 Å². The van der Waals surface area contributed by atoms with E-state index in [4.69, 9.17) is 9.47 Å². The molecule has 0 atom stereocenters. The van der Waals surface area contributed by atoms with Crippen LogP contribution in [0, 0.1) is 11.3 Å². The second kappa shape index (κ2) is 7.38. The summed E-state index contributed by atoms with van der Waals surface area (Å²) in [4.78, 5) is 17.0. The number of carbonyl (C=O) groups excluding carboxylic acids is 1. The van der Waals surface area contributed by atoms with Gasteiger partial charge in [-0.15, -0.1) is 11.3 Å². The van der Waals surface area contributed by atoms with E-state index in [-0.39, 0.29) is 0 Å². The van der Waals surface area contributed by atoms with Crippen molar-refractivity contribution in [2.75, 3.05) is 7.11 Å². The molecule has 7 heteroatoms. The Morgan fingerprint density at radius 1 is 1.40 bits per heavy atom. The number of thiophene rings is 1. The van der Waals surface area contributed by atoms with Crippen molar-refractivity contribution in [1.29, 1.82) is 5.26 Å². The van der Waals surface area contributed by atoms with Crippen LogP contribution in [0.4, 0.5) is 5.00 Å². The zero-order valence-corrected chi connectivity index (χ0v) is 16.2. The van der Waals surface area contributed by atoms with Crippen LogP contribution < -0.4 is 9.47 Å². The number of hydrogen-bond donors (Lipinski definition) is 0. The molecule has 2 aromatic rings. The van der Waals surface area contributed by atoms with Gasteiger partial charge in [-0.2, -0.15) is 5.26 Å². The molecule has 0 aliphatic heterocycles. The summed E-state index contributed by atoms with van der Waals surface area (Å²) in [5, 5.41) is 10.2. The molecule has 0 saturated heterocycles. The van der Waals surface area contributed by atoms with Gasteiger partial charge in [0.15, 0.2) is 11.5 Å². The van der Waals surface area contributed by atoms with E-state index >= 15 is 0 Å². The van der Waals surface area contributed by atoms with Crippen LogP contribution >= 0.6 is 27.3 Å². The fourth-order valence-electron chi connectivity index (χ4n) is 2.77. The van der Waals surface area contributed by atoms with E-state index in [1.807, 2.05) is 0 Å². The van der Waals surface area contributed by atoms with Crippen molar-refractivity contribution >= 4 is 44.5 Å².